The van der Waals surface area contributed by atoms with Crippen molar-refractivity contribution in [3.05, 3.63) is 48.2 Å². The second kappa shape index (κ2) is 9.14. The molecule has 2 saturated heterocycles. The number of rotatable bonds is 5. The molecule has 5 rings (SSSR count). The van der Waals surface area contributed by atoms with Crippen molar-refractivity contribution in [2.45, 2.75) is 23.9 Å². The van der Waals surface area contributed by atoms with Gasteiger partial charge in [0.15, 0.2) is 5.58 Å². The molecule has 3 heterocycles. The fourth-order valence-corrected chi connectivity index (χ4v) is 8.04. The highest BCUT2D eigenvalue weighted by atomic mass is 35.5. The Morgan fingerprint density at radius 3 is 2.76 bits per heavy atom. The van der Waals surface area contributed by atoms with Gasteiger partial charge in [-0.05, 0) is 42.8 Å². The van der Waals surface area contributed by atoms with E-state index in [9.17, 15) is 17.5 Å². The minimum Gasteiger partial charge on any atom is -0.495 e. The maximum absolute atomic E-state index is 13.3. The Kier molecular flexibility index (Phi) is 6.71. The van der Waals surface area contributed by atoms with Crippen LogP contribution in [0.2, 0.25) is 0 Å². The van der Waals surface area contributed by atoms with Crippen molar-refractivity contribution >= 4 is 55.4 Å². The van der Waals surface area contributed by atoms with E-state index < -0.39 is 20.6 Å². The minimum absolute atomic E-state index is 0. The number of nitrogens with one attached hydrogen (secondary N) is 2. The van der Waals surface area contributed by atoms with E-state index >= 15 is 0 Å². The monoisotopic (exact) mass is 529 g/mol. The number of anilines is 2. The van der Waals surface area contributed by atoms with E-state index in [-0.39, 0.29) is 40.9 Å². The van der Waals surface area contributed by atoms with Gasteiger partial charge >= 0.3 is 0 Å². The van der Waals surface area contributed by atoms with Gasteiger partial charge in [0, 0.05) is 24.5 Å². The van der Waals surface area contributed by atoms with Gasteiger partial charge in [0.2, 0.25) is 0 Å². The molecule has 2 aliphatic heterocycles. The average molecular weight is 530 g/mol. The van der Waals surface area contributed by atoms with Gasteiger partial charge in [-0.15, -0.1) is 12.4 Å². The topological polar surface area (TPSA) is 124 Å². The predicted molar refractivity (Wildman–Crippen MR) is 138 cm³/mol. The van der Waals surface area contributed by atoms with E-state index in [1.165, 1.54) is 7.11 Å². The molecular weight excluding hydrogens is 502 g/mol. The normalized spacial score (nSPS) is 22.6. The van der Waals surface area contributed by atoms with Crippen molar-refractivity contribution in [3.8, 4) is 5.75 Å². The first-order chi connectivity index (χ1) is 15.7. The van der Waals surface area contributed by atoms with E-state index in [1.807, 2.05) is 6.92 Å². The fourth-order valence-electron chi connectivity index (χ4n) is 4.73. The fraction of sp³-hybridized carbons (Fsp3) is 0.364. The molecule has 1 aromatic heterocycles. The van der Waals surface area contributed by atoms with Crippen LogP contribution >= 0.6 is 23.0 Å². The summed E-state index contributed by atoms with van der Waals surface area (Å²) in [5, 5.41) is 4.12. The first-order valence-electron chi connectivity index (χ1n) is 10.6. The molecular formula is C22H28ClN3O6S2. The molecule has 0 spiro atoms. The Hall–Kier alpha value is -2.15. The van der Waals surface area contributed by atoms with Crippen molar-refractivity contribution in [2.24, 2.45) is 0 Å². The number of furan rings is 1. The summed E-state index contributed by atoms with van der Waals surface area (Å²) >= 11 is 0. The number of fused-ring (bicyclic) bond motifs is 2. The number of sulfonamides is 1. The molecule has 2 unspecified atom stereocenters. The van der Waals surface area contributed by atoms with Crippen molar-refractivity contribution in [1.29, 1.82) is 0 Å². The Morgan fingerprint density at radius 1 is 1.21 bits per heavy atom. The van der Waals surface area contributed by atoms with Gasteiger partial charge in [-0.2, -0.15) is 10.6 Å². The van der Waals surface area contributed by atoms with Gasteiger partial charge in [-0.1, -0.05) is 6.07 Å². The molecule has 4 N–H and O–H groups in total. The Morgan fingerprint density at radius 2 is 2.00 bits per heavy atom. The quantitative estimate of drug-likeness (QED) is 0.392. The van der Waals surface area contributed by atoms with Crippen LogP contribution in [0.15, 0.2) is 52.0 Å². The standard InChI is InChI=1S/C22H27N3O6S2.ClH/c1-14-3-4-20(30-2)21(9-14)33(28,29)24-16-10-15-5-8-31-22(15)18(11-16)25-7-6-23-17-12-32(26,27)13-19(17)25;/h3-5,8-11,17,19,23-24,26-27H,6-7,12-13H2,1-2H3;1H. The summed E-state index contributed by atoms with van der Waals surface area (Å²) in [5.74, 6) is 0.844. The predicted octanol–water partition coefficient (Wildman–Crippen LogP) is 3.88. The number of methoxy groups -OCH3 is 1. The van der Waals surface area contributed by atoms with Crippen molar-refractivity contribution in [3.63, 3.8) is 0 Å². The molecule has 0 bridgehead atoms. The smallest absolute Gasteiger partial charge is 0.265 e. The number of nitrogens with zero attached hydrogens (tertiary/aromatic N) is 1. The van der Waals surface area contributed by atoms with Crippen LogP contribution in [0.5, 0.6) is 5.75 Å². The van der Waals surface area contributed by atoms with Gasteiger partial charge in [-0.3, -0.25) is 13.8 Å². The van der Waals surface area contributed by atoms with E-state index in [2.05, 4.69) is 14.9 Å². The summed E-state index contributed by atoms with van der Waals surface area (Å²) in [6.45, 7) is 3.13. The lowest BCUT2D eigenvalue weighted by molar-refractivity contribution is 0.402. The van der Waals surface area contributed by atoms with Crippen LogP contribution in [0.4, 0.5) is 11.4 Å². The Labute approximate surface area is 206 Å². The molecule has 0 amide bonds. The van der Waals surface area contributed by atoms with Crippen LogP contribution in [0.1, 0.15) is 5.56 Å². The largest absolute Gasteiger partial charge is 0.495 e. The third-order valence-electron chi connectivity index (χ3n) is 6.21. The maximum atomic E-state index is 13.3. The lowest BCUT2D eigenvalue weighted by Crippen LogP contribution is -2.57. The highest BCUT2D eigenvalue weighted by Crippen LogP contribution is 2.49. The molecule has 2 atom stereocenters. The number of ether oxygens (including phenoxy) is 1. The highest BCUT2D eigenvalue weighted by molar-refractivity contribution is 8.24. The molecule has 0 aliphatic carbocycles. The van der Waals surface area contributed by atoms with Gasteiger partial charge in [0.1, 0.15) is 10.6 Å². The molecule has 9 nitrogen and oxygen atoms in total. The summed E-state index contributed by atoms with van der Waals surface area (Å²) in [6, 6.07) is 10.1. The lowest BCUT2D eigenvalue weighted by Gasteiger charge is -2.39. The van der Waals surface area contributed by atoms with E-state index in [4.69, 9.17) is 9.15 Å². The second-order valence-electron chi connectivity index (χ2n) is 8.55. The van der Waals surface area contributed by atoms with Crippen molar-refractivity contribution < 1.29 is 26.7 Å². The van der Waals surface area contributed by atoms with E-state index in [0.717, 1.165) is 16.6 Å². The van der Waals surface area contributed by atoms with Crippen molar-refractivity contribution in [2.75, 3.05) is 41.3 Å². The molecule has 186 valence electrons. The summed E-state index contributed by atoms with van der Waals surface area (Å²) in [5.41, 5.74) is 2.55. The zero-order valence-electron chi connectivity index (χ0n) is 18.7. The molecule has 12 heteroatoms. The molecule has 2 aromatic carbocycles. The number of piperazine rings is 1. The van der Waals surface area contributed by atoms with E-state index in [0.29, 0.717) is 30.1 Å². The number of hydrogen-bond donors (Lipinski definition) is 4. The molecule has 2 aliphatic rings. The summed E-state index contributed by atoms with van der Waals surface area (Å²) in [6.07, 6.45) is 1.57. The number of aryl methyl sites for hydroxylation is 1. The summed E-state index contributed by atoms with van der Waals surface area (Å²) < 4.78 is 60.9. The molecule has 3 aromatic rings. The van der Waals surface area contributed by atoms with Crippen LogP contribution in [0.25, 0.3) is 11.0 Å². The second-order valence-corrected chi connectivity index (χ2v) is 12.5. The number of benzene rings is 2. The third-order valence-corrected chi connectivity index (χ3v) is 9.38. The Bertz CT molecular complexity index is 1310. The van der Waals surface area contributed by atoms with Crippen LogP contribution in [-0.2, 0) is 10.0 Å². The first-order valence-corrected chi connectivity index (χ1v) is 14.0. The minimum atomic E-state index is -3.93. The third kappa shape index (κ3) is 4.56. The van der Waals surface area contributed by atoms with Gasteiger partial charge in [-0.25, -0.2) is 8.42 Å². The molecule has 2 fully saturated rings. The summed E-state index contributed by atoms with van der Waals surface area (Å²) in [7, 11) is -5.15. The first kappa shape index (κ1) is 25.0. The Balaban J connectivity index is 0.00000274. The molecule has 0 radical (unpaired) electrons. The van der Waals surface area contributed by atoms with E-state index in [1.54, 1.807) is 42.7 Å². The van der Waals surface area contributed by atoms with Crippen molar-refractivity contribution in [1.82, 2.24) is 5.32 Å². The molecule has 0 saturated carbocycles. The zero-order chi connectivity index (χ0) is 23.4. The molecule has 34 heavy (non-hydrogen) atoms. The number of halogens is 1. The maximum Gasteiger partial charge on any atom is 0.265 e. The van der Waals surface area contributed by atoms with Gasteiger partial charge in [0.25, 0.3) is 10.0 Å². The van der Waals surface area contributed by atoms with Crippen LogP contribution < -0.4 is 19.7 Å². The van der Waals surface area contributed by atoms with Gasteiger partial charge in [0.05, 0.1) is 42.3 Å². The highest BCUT2D eigenvalue weighted by Gasteiger charge is 2.43. The van der Waals surface area contributed by atoms with Crippen LogP contribution in [-0.4, -0.2) is 61.3 Å². The van der Waals surface area contributed by atoms with Crippen LogP contribution in [0, 0.1) is 6.92 Å². The lowest BCUT2D eigenvalue weighted by atomic mass is 10.1. The SMILES string of the molecule is COc1ccc(C)cc1S(=O)(=O)Nc1cc(N2CCNC3CS(O)(O)CC32)c2occc2c1.Cl. The zero-order valence-corrected chi connectivity index (χ0v) is 21.2. The van der Waals surface area contributed by atoms with Crippen LogP contribution in [0.3, 0.4) is 0 Å². The average Bonchev–Trinajstić information content (AvgIpc) is 3.35. The summed E-state index contributed by atoms with van der Waals surface area (Å²) in [4.78, 5) is 2.16. The van der Waals surface area contributed by atoms with Gasteiger partial charge < -0.3 is 19.4 Å². The number of hydrogen-bond acceptors (Lipinski definition) is 8.